The molecule has 0 aliphatic heterocycles. The van der Waals surface area contributed by atoms with Gasteiger partial charge in [-0.1, -0.05) is 104 Å². The van der Waals surface area contributed by atoms with E-state index in [1.807, 2.05) is 97.9 Å². The van der Waals surface area contributed by atoms with E-state index in [4.69, 9.17) is 0 Å². The van der Waals surface area contributed by atoms with Gasteiger partial charge in [-0.05, 0) is 29.0 Å². The second kappa shape index (κ2) is 13.3. The number of rotatable bonds is 12. The summed E-state index contributed by atoms with van der Waals surface area (Å²) in [5.74, 6) is -0.735. The smallest absolute Gasteiger partial charge is 0.244 e. The van der Waals surface area contributed by atoms with Crippen LogP contribution in [0.4, 0.5) is 5.69 Å². The molecule has 4 aromatic rings. The largest absolute Gasteiger partial charge is 0.354 e. The first kappa shape index (κ1) is 28.8. The van der Waals surface area contributed by atoms with Gasteiger partial charge in [0.1, 0.15) is 12.6 Å². The van der Waals surface area contributed by atoms with E-state index >= 15 is 0 Å². The third-order valence-electron chi connectivity index (χ3n) is 6.73. The Labute approximate surface area is 236 Å². The zero-order valence-electron chi connectivity index (χ0n) is 22.9. The predicted octanol–water partition coefficient (Wildman–Crippen LogP) is 4.77. The first-order chi connectivity index (χ1) is 19.3. The number of sulfonamides is 1. The SMILES string of the molecule is CCCNC(=O)C(Cc1ccccc1)N(Cc1ccccc1)C(=O)CN(c1cccc2ccccc12)S(C)(=O)=O. The molecule has 0 fully saturated rings. The molecule has 0 aliphatic rings. The minimum absolute atomic E-state index is 0.157. The second-order valence-electron chi connectivity index (χ2n) is 9.77. The van der Waals surface area contributed by atoms with Crippen LogP contribution in [0.15, 0.2) is 103 Å². The molecule has 1 atom stereocenters. The Morgan fingerprint density at radius 1 is 0.800 bits per heavy atom. The van der Waals surface area contributed by atoms with Crippen LogP contribution >= 0.6 is 0 Å². The average Bonchev–Trinajstić information content (AvgIpc) is 2.96. The van der Waals surface area contributed by atoms with E-state index < -0.39 is 28.5 Å². The van der Waals surface area contributed by atoms with Crippen LogP contribution in [0.5, 0.6) is 0 Å². The molecular formula is C32H35N3O4S. The molecule has 0 spiro atoms. The van der Waals surface area contributed by atoms with Crippen LogP contribution in [-0.2, 0) is 32.6 Å². The van der Waals surface area contributed by atoms with Gasteiger partial charge in [-0.25, -0.2) is 8.42 Å². The van der Waals surface area contributed by atoms with E-state index in [2.05, 4.69) is 5.32 Å². The van der Waals surface area contributed by atoms with Gasteiger partial charge in [0.2, 0.25) is 21.8 Å². The molecular weight excluding hydrogens is 522 g/mol. The van der Waals surface area contributed by atoms with Gasteiger partial charge in [0.05, 0.1) is 11.9 Å². The van der Waals surface area contributed by atoms with E-state index in [0.29, 0.717) is 18.7 Å². The van der Waals surface area contributed by atoms with Crippen molar-refractivity contribution in [3.8, 4) is 0 Å². The highest BCUT2D eigenvalue weighted by Crippen LogP contribution is 2.29. The molecule has 1 unspecified atom stereocenters. The van der Waals surface area contributed by atoms with Crippen molar-refractivity contribution in [1.29, 1.82) is 0 Å². The van der Waals surface area contributed by atoms with Crippen molar-refractivity contribution in [2.24, 2.45) is 0 Å². The van der Waals surface area contributed by atoms with E-state index in [0.717, 1.165) is 38.9 Å². The van der Waals surface area contributed by atoms with Gasteiger partial charge < -0.3 is 10.2 Å². The van der Waals surface area contributed by atoms with Crippen molar-refractivity contribution < 1.29 is 18.0 Å². The first-order valence-corrected chi connectivity index (χ1v) is 15.2. The van der Waals surface area contributed by atoms with Crippen molar-refractivity contribution >= 4 is 38.3 Å². The van der Waals surface area contributed by atoms with Crippen molar-refractivity contribution in [2.45, 2.75) is 32.4 Å². The fourth-order valence-corrected chi connectivity index (χ4v) is 5.58. The molecule has 7 nitrogen and oxygen atoms in total. The number of anilines is 1. The standard InChI is InChI=1S/C32H35N3O4S/c1-3-21-33-32(37)30(22-25-13-6-4-7-14-25)34(23-26-15-8-5-9-16-26)31(36)24-35(40(2,38)39)29-20-12-18-27-17-10-11-19-28(27)29/h4-20,30H,3,21-24H2,1-2H3,(H,33,37). The van der Waals surface area contributed by atoms with Crippen LogP contribution in [0.2, 0.25) is 0 Å². The number of fused-ring (bicyclic) bond motifs is 1. The molecule has 0 radical (unpaired) electrons. The number of benzene rings is 4. The fraction of sp³-hybridized carbons (Fsp3) is 0.250. The lowest BCUT2D eigenvalue weighted by molar-refractivity contribution is -0.140. The third-order valence-corrected chi connectivity index (χ3v) is 7.86. The van der Waals surface area contributed by atoms with E-state index in [-0.39, 0.29) is 12.5 Å². The Morgan fingerprint density at radius 2 is 1.40 bits per heavy atom. The summed E-state index contributed by atoms with van der Waals surface area (Å²) in [7, 11) is -3.84. The molecule has 40 heavy (non-hydrogen) atoms. The van der Waals surface area contributed by atoms with Gasteiger partial charge in [0, 0.05) is 24.9 Å². The normalized spacial score (nSPS) is 12.1. The Kier molecular flexibility index (Phi) is 9.56. The Hall–Kier alpha value is -4.17. The van der Waals surface area contributed by atoms with Crippen LogP contribution in [0, 0.1) is 0 Å². The Morgan fingerprint density at radius 3 is 2.05 bits per heavy atom. The van der Waals surface area contributed by atoms with Crippen molar-refractivity contribution in [3.63, 3.8) is 0 Å². The highest BCUT2D eigenvalue weighted by Gasteiger charge is 2.33. The van der Waals surface area contributed by atoms with E-state index in [9.17, 15) is 18.0 Å². The highest BCUT2D eigenvalue weighted by molar-refractivity contribution is 7.92. The zero-order chi connectivity index (χ0) is 28.5. The third kappa shape index (κ3) is 7.27. The van der Waals surface area contributed by atoms with Crippen LogP contribution in [0.1, 0.15) is 24.5 Å². The minimum Gasteiger partial charge on any atom is -0.354 e. The summed E-state index contributed by atoms with van der Waals surface area (Å²) in [4.78, 5) is 29.2. The maximum Gasteiger partial charge on any atom is 0.244 e. The maximum absolute atomic E-state index is 14.2. The molecule has 0 saturated carbocycles. The minimum atomic E-state index is -3.84. The van der Waals surface area contributed by atoms with Crippen molar-refractivity contribution in [1.82, 2.24) is 10.2 Å². The average molecular weight is 558 g/mol. The van der Waals surface area contributed by atoms with E-state index in [1.165, 1.54) is 4.90 Å². The highest BCUT2D eigenvalue weighted by atomic mass is 32.2. The topological polar surface area (TPSA) is 86.8 Å². The summed E-state index contributed by atoms with van der Waals surface area (Å²) >= 11 is 0. The fourth-order valence-electron chi connectivity index (χ4n) is 4.72. The quantitative estimate of drug-likeness (QED) is 0.272. The number of carbonyl (C=O) groups is 2. The van der Waals surface area contributed by atoms with Crippen LogP contribution in [0.25, 0.3) is 10.8 Å². The first-order valence-electron chi connectivity index (χ1n) is 13.4. The molecule has 0 aliphatic carbocycles. The zero-order valence-corrected chi connectivity index (χ0v) is 23.7. The number of hydrogen-bond acceptors (Lipinski definition) is 4. The lowest BCUT2D eigenvalue weighted by atomic mass is 10.0. The summed E-state index contributed by atoms with van der Waals surface area (Å²) < 4.78 is 27.3. The van der Waals surface area contributed by atoms with Crippen molar-refractivity contribution in [2.75, 3.05) is 23.7 Å². The van der Waals surface area contributed by atoms with Crippen LogP contribution < -0.4 is 9.62 Å². The predicted molar refractivity (Wildman–Crippen MR) is 160 cm³/mol. The number of nitrogens with zero attached hydrogens (tertiary/aromatic N) is 2. The van der Waals surface area contributed by atoms with Gasteiger partial charge in [-0.3, -0.25) is 13.9 Å². The molecule has 8 heteroatoms. The van der Waals surface area contributed by atoms with Gasteiger partial charge in [0.15, 0.2) is 0 Å². The summed E-state index contributed by atoms with van der Waals surface area (Å²) in [6.45, 7) is 2.16. The molecule has 0 aromatic heterocycles. The molecule has 4 rings (SSSR count). The van der Waals surface area contributed by atoms with Crippen molar-refractivity contribution in [3.05, 3.63) is 114 Å². The van der Waals surface area contributed by atoms with Gasteiger partial charge >= 0.3 is 0 Å². The van der Waals surface area contributed by atoms with Gasteiger partial charge in [-0.15, -0.1) is 0 Å². The molecule has 0 saturated heterocycles. The number of hydrogen-bond donors (Lipinski definition) is 1. The molecule has 0 heterocycles. The van der Waals surface area contributed by atoms with Crippen LogP contribution in [0.3, 0.4) is 0 Å². The molecule has 4 aromatic carbocycles. The monoisotopic (exact) mass is 557 g/mol. The molecule has 0 bridgehead atoms. The van der Waals surface area contributed by atoms with Gasteiger partial charge in [0.25, 0.3) is 0 Å². The van der Waals surface area contributed by atoms with Crippen LogP contribution in [-0.4, -0.2) is 50.5 Å². The Bertz CT molecular complexity index is 1540. The summed E-state index contributed by atoms with van der Waals surface area (Å²) in [6.07, 6.45) is 2.14. The lowest BCUT2D eigenvalue weighted by Crippen LogP contribution is -2.53. The number of amides is 2. The lowest BCUT2D eigenvalue weighted by Gasteiger charge is -2.33. The molecule has 208 valence electrons. The molecule has 1 N–H and O–H groups in total. The maximum atomic E-state index is 14.2. The van der Waals surface area contributed by atoms with Gasteiger partial charge in [-0.2, -0.15) is 0 Å². The van der Waals surface area contributed by atoms with E-state index in [1.54, 1.807) is 12.1 Å². The summed E-state index contributed by atoms with van der Waals surface area (Å²) in [6, 6.07) is 30.9. The summed E-state index contributed by atoms with van der Waals surface area (Å²) in [5.41, 5.74) is 2.16. The summed E-state index contributed by atoms with van der Waals surface area (Å²) in [5, 5.41) is 4.53. The molecule has 2 amide bonds. The number of carbonyl (C=O) groups excluding carboxylic acids is 2. The Balaban J connectivity index is 1.76. The number of nitrogens with one attached hydrogen (secondary N) is 1. The second-order valence-corrected chi connectivity index (χ2v) is 11.7.